The Hall–Kier alpha value is -1.36. The van der Waals surface area contributed by atoms with Crippen molar-refractivity contribution in [1.82, 2.24) is 15.3 Å². The zero-order valence-electron chi connectivity index (χ0n) is 11.1. The van der Waals surface area contributed by atoms with Crippen LogP contribution in [-0.2, 0) is 0 Å². The molecule has 0 aliphatic carbocycles. The van der Waals surface area contributed by atoms with Crippen LogP contribution in [-0.4, -0.2) is 35.3 Å². The van der Waals surface area contributed by atoms with E-state index in [-0.39, 0.29) is 6.10 Å². The Morgan fingerprint density at radius 1 is 1.44 bits per heavy atom. The molecule has 2 rings (SSSR count). The standard InChI is InChI=1S/C13H21N3O2/c1-10(2)18-12-6-8-15-13(16-12)17-9-11-5-3-4-7-14-11/h6,8,10-11,14H,3-5,7,9H2,1-2H3. The zero-order chi connectivity index (χ0) is 12.8. The molecule has 1 fully saturated rings. The van der Waals surface area contributed by atoms with Crippen LogP contribution in [0.2, 0.25) is 0 Å². The summed E-state index contributed by atoms with van der Waals surface area (Å²) in [5.74, 6) is 0.562. The number of rotatable bonds is 5. The van der Waals surface area contributed by atoms with Crippen LogP contribution in [0.4, 0.5) is 0 Å². The molecular weight excluding hydrogens is 230 g/mol. The monoisotopic (exact) mass is 251 g/mol. The lowest BCUT2D eigenvalue weighted by molar-refractivity contribution is 0.207. The van der Waals surface area contributed by atoms with Gasteiger partial charge in [-0.3, -0.25) is 0 Å². The van der Waals surface area contributed by atoms with E-state index in [2.05, 4.69) is 15.3 Å². The molecule has 18 heavy (non-hydrogen) atoms. The van der Waals surface area contributed by atoms with Gasteiger partial charge >= 0.3 is 6.01 Å². The lowest BCUT2D eigenvalue weighted by Crippen LogP contribution is -2.38. The fourth-order valence-electron chi connectivity index (χ4n) is 1.94. The molecule has 1 unspecified atom stereocenters. The first kappa shape index (κ1) is 13.1. The molecule has 1 N–H and O–H groups in total. The van der Waals surface area contributed by atoms with Crippen LogP contribution >= 0.6 is 0 Å². The van der Waals surface area contributed by atoms with E-state index in [0.29, 0.717) is 24.5 Å². The Morgan fingerprint density at radius 3 is 3.06 bits per heavy atom. The Morgan fingerprint density at radius 2 is 2.33 bits per heavy atom. The van der Waals surface area contributed by atoms with E-state index in [9.17, 15) is 0 Å². The topological polar surface area (TPSA) is 56.3 Å². The van der Waals surface area contributed by atoms with Gasteiger partial charge in [-0.05, 0) is 33.2 Å². The first-order chi connectivity index (χ1) is 8.74. The van der Waals surface area contributed by atoms with Crippen LogP contribution in [0.1, 0.15) is 33.1 Å². The van der Waals surface area contributed by atoms with Crippen LogP contribution in [0.3, 0.4) is 0 Å². The minimum atomic E-state index is 0.104. The third-order valence-electron chi connectivity index (χ3n) is 2.79. The molecule has 1 aliphatic rings. The van der Waals surface area contributed by atoms with Crippen molar-refractivity contribution in [3.8, 4) is 11.9 Å². The molecule has 1 aromatic heterocycles. The molecule has 100 valence electrons. The molecule has 2 heterocycles. The summed E-state index contributed by atoms with van der Waals surface area (Å²) in [6.45, 7) is 5.62. The predicted octanol–water partition coefficient (Wildman–Crippen LogP) is 1.78. The summed E-state index contributed by atoms with van der Waals surface area (Å²) in [6, 6.07) is 2.55. The zero-order valence-corrected chi connectivity index (χ0v) is 11.1. The maximum Gasteiger partial charge on any atom is 0.319 e. The molecule has 1 aromatic rings. The molecule has 0 saturated carbocycles. The number of nitrogens with one attached hydrogen (secondary N) is 1. The second-order valence-electron chi connectivity index (χ2n) is 4.80. The van der Waals surface area contributed by atoms with Gasteiger partial charge in [-0.2, -0.15) is 4.98 Å². The SMILES string of the molecule is CC(C)Oc1ccnc(OCC2CCCCN2)n1. The molecule has 5 nitrogen and oxygen atoms in total. The third-order valence-corrected chi connectivity index (χ3v) is 2.79. The molecule has 1 atom stereocenters. The number of nitrogens with zero attached hydrogens (tertiary/aromatic N) is 2. The van der Waals surface area contributed by atoms with E-state index in [0.717, 1.165) is 13.0 Å². The summed E-state index contributed by atoms with van der Waals surface area (Å²) in [7, 11) is 0. The second-order valence-corrected chi connectivity index (χ2v) is 4.80. The summed E-state index contributed by atoms with van der Waals surface area (Å²) in [4.78, 5) is 8.30. The summed E-state index contributed by atoms with van der Waals surface area (Å²) in [6.07, 6.45) is 5.44. The minimum absolute atomic E-state index is 0.104. The number of hydrogen-bond donors (Lipinski definition) is 1. The van der Waals surface area contributed by atoms with Crippen molar-refractivity contribution in [2.75, 3.05) is 13.2 Å². The van der Waals surface area contributed by atoms with E-state index >= 15 is 0 Å². The summed E-state index contributed by atoms with van der Waals surface area (Å²) in [5.41, 5.74) is 0. The Kier molecular flexibility index (Phi) is 4.75. The van der Waals surface area contributed by atoms with Gasteiger partial charge in [0.05, 0.1) is 6.10 Å². The van der Waals surface area contributed by atoms with Crippen molar-refractivity contribution in [3.63, 3.8) is 0 Å². The summed E-state index contributed by atoms with van der Waals surface area (Å²) in [5, 5.41) is 3.42. The largest absolute Gasteiger partial charge is 0.475 e. The van der Waals surface area contributed by atoms with Gasteiger partial charge in [-0.1, -0.05) is 6.42 Å². The van der Waals surface area contributed by atoms with Crippen LogP contribution in [0.15, 0.2) is 12.3 Å². The van der Waals surface area contributed by atoms with Gasteiger partial charge in [-0.15, -0.1) is 0 Å². The summed E-state index contributed by atoms with van der Waals surface area (Å²) >= 11 is 0. The van der Waals surface area contributed by atoms with Gasteiger partial charge < -0.3 is 14.8 Å². The highest BCUT2D eigenvalue weighted by molar-refractivity contribution is 5.11. The maximum absolute atomic E-state index is 5.60. The third kappa shape index (κ3) is 4.14. The fourth-order valence-corrected chi connectivity index (χ4v) is 1.94. The lowest BCUT2D eigenvalue weighted by atomic mass is 10.1. The van der Waals surface area contributed by atoms with Gasteiger partial charge in [0.2, 0.25) is 5.88 Å². The Bertz CT molecular complexity index is 365. The Balaban J connectivity index is 1.84. The highest BCUT2D eigenvalue weighted by atomic mass is 16.5. The molecule has 1 saturated heterocycles. The fraction of sp³-hybridized carbons (Fsp3) is 0.692. The van der Waals surface area contributed by atoms with E-state index in [1.807, 2.05) is 13.8 Å². The van der Waals surface area contributed by atoms with E-state index in [4.69, 9.17) is 9.47 Å². The summed E-state index contributed by atoms with van der Waals surface area (Å²) < 4.78 is 11.1. The van der Waals surface area contributed by atoms with Crippen LogP contribution in [0.25, 0.3) is 0 Å². The van der Waals surface area contributed by atoms with Crippen LogP contribution in [0.5, 0.6) is 11.9 Å². The molecule has 0 radical (unpaired) electrons. The van der Waals surface area contributed by atoms with Crippen molar-refractivity contribution in [2.45, 2.75) is 45.3 Å². The second kappa shape index (κ2) is 6.54. The average molecular weight is 251 g/mol. The van der Waals surface area contributed by atoms with E-state index in [1.54, 1.807) is 12.3 Å². The van der Waals surface area contributed by atoms with E-state index in [1.165, 1.54) is 12.8 Å². The smallest absolute Gasteiger partial charge is 0.319 e. The quantitative estimate of drug-likeness (QED) is 0.864. The first-order valence-corrected chi connectivity index (χ1v) is 6.60. The van der Waals surface area contributed by atoms with Gasteiger partial charge in [0, 0.05) is 18.3 Å². The van der Waals surface area contributed by atoms with Crippen LogP contribution < -0.4 is 14.8 Å². The molecule has 5 heteroatoms. The molecule has 1 aliphatic heterocycles. The van der Waals surface area contributed by atoms with Gasteiger partial charge in [0.1, 0.15) is 6.61 Å². The number of hydrogen-bond acceptors (Lipinski definition) is 5. The number of piperidine rings is 1. The highest BCUT2D eigenvalue weighted by Gasteiger charge is 2.13. The van der Waals surface area contributed by atoms with Crippen molar-refractivity contribution < 1.29 is 9.47 Å². The first-order valence-electron chi connectivity index (χ1n) is 6.60. The Labute approximate surface area is 108 Å². The number of aromatic nitrogens is 2. The number of ether oxygens (including phenoxy) is 2. The maximum atomic E-state index is 5.60. The minimum Gasteiger partial charge on any atom is -0.475 e. The lowest BCUT2D eigenvalue weighted by Gasteiger charge is -2.22. The molecule has 0 bridgehead atoms. The van der Waals surface area contributed by atoms with Crippen molar-refractivity contribution in [2.24, 2.45) is 0 Å². The highest BCUT2D eigenvalue weighted by Crippen LogP contribution is 2.13. The molecule has 0 amide bonds. The van der Waals surface area contributed by atoms with Gasteiger partial charge in [-0.25, -0.2) is 4.98 Å². The van der Waals surface area contributed by atoms with Crippen molar-refractivity contribution in [1.29, 1.82) is 0 Å². The predicted molar refractivity (Wildman–Crippen MR) is 68.9 cm³/mol. The van der Waals surface area contributed by atoms with Crippen LogP contribution in [0, 0.1) is 0 Å². The molecule has 0 aromatic carbocycles. The van der Waals surface area contributed by atoms with Crippen molar-refractivity contribution >= 4 is 0 Å². The molecular formula is C13H21N3O2. The van der Waals surface area contributed by atoms with Gasteiger partial charge in [0.15, 0.2) is 0 Å². The van der Waals surface area contributed by atoms with E-state index < -0.39 is 0 Å². The normalized spacial score (nSPS) is 19.8. The molecule has 0 spiro atoms. The van der Waals surface area contributed by atoms with Gasteiger partial charge in [0.25, 0.3) is 0 Å². The average Bonchev–Trinajstić information content (AvgIpc) is 2.37. The van der Waals surface area contributed by atoms with Crippen molar-refractivity contribution in [3.05, 3.63) is 12.3 Å².